The number of halogens is 3. The van der Waals surface area contributed by atoms with Crippen molar-refractivity contribution in [3.63, 3.8) is 0 Å². The molecule has 0 fully saturated rings. The Morgan fingerprint density at radius 2 is 1.90 bits per heavy atom. The summed E-state index contributed by atoms with van der Waals surface area (Å²) >= 11 is 3.32. The van der Waals surface area contributed by atoms with Crippen LogP contribution in [0.5, 0.6) is 5.75 Å². The van der Waals surface area contributed by atoms with E-state index in [1.807, 2.05) is 0 Å². The number of hydrogen-bond acceptors (Lipinski definition) is 2. The van der Waals surface area contributed by atoms with Gasteiger partial charge < -0.3 is 9.84 Å². The zero-order valence-corrected chi connectivity index (χ0v) is 12.3. The van der Waals surface area contributed by atoms with Crippen LogP contribution in [0, 0.1) is 11.6 Å². The number of ether oxygens (including phenoxy) is 1. The van der Waals surface area contributed by atoms with E-state index in [9.17, 15) is 13.9 Å². The SMILES string of the molecule is COc1ccc(Br)cc1C(O)Cc1ccc(F)c(F)c1. The Balaban J connectivity index is 2.25. The summed E-state index contributed by atoms with van der Waals surface area (Å²) in [5.41, 5.74) is 1.10. The van der Waals surface area contributed by atoms with Gasteiger partial charge in [0.2, 0.25) is 0 Å². The fourth-order valence-corrected chi connectivity index (χ4v) is 2.34. The molecule has 20 heavy (non-hydrogen) atoms. The van der Waals surface area contributed by atoms with Crippen molar-refractivity contribution in [3.8, 4) is 5.75 Å². The first-order chi connectivity index (χ1) is 9.51. The number of benzene rings is 2. The van der Waals surface area contributed by atoms with E-state index in [2.05, 4.69) is 15.9 Å². The van der Waals surface area contributed by atoms with E-state index in [1.165, 1.54) is 13.2 Å². The minimum absolute atomic E-state index is 0.171. The monoisotopic (exact) mass is 342 g/mol. The van der Waals surface area contributed by atoms with Crippen molar-refractivity contribution >= 4 is 15.9 Å². The molecule has 0 saturated carbocycles. The van der Waals surface area contributed by atoms with E-state index in [0.29, 0.717) is 16.9 Å². The summed E-state index contributed by atoms with van der Waals surface area (Å²) < 4.78 is 32.0. The standard InChI is InChI=1S/C15H13BrF2O2/c1-20-15-5-3-10(16)8-11(15)14(19)7-9-2-4-12(17)13(18)6-9/h2-6,8,14,19H,7H2,1H3. The van der Waals surface area contributed by atoms with Crippen LogP contribution in [-0.4, -0.2) is 12.2 Å². The highest BCUT2D eigenvalue weighted by molar-refractivity contribution is 9.10. The molecule has 2 nitrogen and oxygen atoms in total. The molecule has 1 unspecified atom stereocenters. The number of aliphatic hydroxyl groups is 1. The van der Waals surface area contributed by atoms with Gasteiger partial charge in [-0.2, -0.15) is 0 Å². The third-order valence-corrected chi connectivity index (χ3v) is 3.46. The molecule has 1 N–H and O–H groups in total. The zero-order chi connectivity index (χ0) is 14.7. The first kappa shape index (κ1) is 14.9. The van der Waals surface area contributed by atoms with Crippen molar-refractivity contribution in [2.24, 2.45) is 0 Å². The van der Waals surface area contributed by atoms with Crippen molar-refractivity contribution in [2.45, 2.75) is 12.5 Å². The highest BCUT2D eigenvalue weighted by Crippen LogP contribution is 2.30. The summed E-state index contributed by atoms with van der Waals surface area (Å²) in [6.07, 6.45) is -0.698. The van der Waals surface area contributed by atoms with Gasteiger partial charge in [-0.3, -0.25) is 0 Å². The average molecular weight is 343 g/mol. The van der Waals surface area contributed by atoms with E-state index < -0.39 is 17.7 Å². The highest BCUT2D eigenvalue weighted by Gasteiger charge is 2.15. The molecule has 0 aromatic heterocycles. The van der Waals surface area contributed by atoms with Crippen LogP contribution in [0.1, 0.15) is 17.2 Å². The van der Waals surface area contributed by atoms with Gasteiger partial charge in [0.25, 0.3) is 0 Å². The van der Waals surface area contributed by atoms with E-state index in [4.69, 9.17) is 4.74 Å². The van der Waals surface area contributed by atoms with Gasteiger partial charge in [-0.15, -0.1) is 0 Å². The maximum atomic E-state index is 13.2. The second kappa shape index (κ2) is 6.33. The summed E-state index contributed by atoms with van der Waals surface area (Å²) in [6, 6.07) is 8.86. The van der Waals surface area contributed by atoms with Gasteiger partial charge in [0.05, 0.1) is 13.2 Å². The van der Waals surface area contributed by atoms with Crippen molar-refractivity contribution in [1.82, 2.24) is 0 Å². The summed E-state index contributed by atoms with van der Waals surface area (Å²) in [4.78, 5) is 0. The summed E-state index contributed by atoms with van der Waals surface area (Å²) in [5, 5.41) is 10.3. The molecule has 0 amide bonds. The first-order valence-electron chi connectivity index (χ1n) is 5.96. The zero-order valence-electron chi connectivity index (χ0n) is 10.7. The largest absolute Gasteiger partial charge is 0.496 e. The normalized spacial score (nSPS) is 12.2. The first-order valence-corrected chi connectivity index (χ1v) is 6.76. The van der Waals surface area contributed by atoms with Crippen molar-refractivity contribution in [2.75, 3.05) is 7.11 Å². The predicted molar refractivity (Wildman–Crippen MR) is 75.7 cm³/mol. The molecule has 0 aliphatic rings. The molecular formula is C15H13BrF2O2. The molecular weight excluding hydrogens is 330 g/mol. The Morgan fingerprint density at radius 3 is 2.55 bits per heavy atom. The molecule has 0 heterocycles. The summed E-state index contributed by atoms with van der Waals surface area (Å²) in [7, 11) is 1.51. The van der Waals surface area contributed by atoms with Crippen LogP contribution in [0.25, 0.3) is 0 Å². The average Bonchev–Trinajstić information content (AvgIpc) is 2.43. The molecule has 1 atom stereocenters. The number of methoxy groups -OCH3 is 1. The highest BCUT2D eigenvalue weighted by atomic mass is 79.9. The number of aliphatic hydroxyl groups excluding tert-OH is 1. The smallest absolute Gasteiger partial charge is 0.159 e. The molecule has 0 aliphatic heterocycles. The summed E-state index contributed by atoms with van der Waals surface area (Å²) in [5.74, 6) is -1.28. The van der Waals surface area contributed by atoms with Crippen LogP contribution in [0.2, 0.25) is 0 Å². The Morgan fingerprint density at radius 1 is 1.15 bits per heavy atom. The van der Waals surface area contributed by atoms with Crippen molar-refractivity contribution < 1.29 is 18.6 Å². The molecule has 5 heteroatoms. The molecule has 2 aromatic rings. The minimum atomic E-state index is -0.920. The van der Waals surface area contributed by atoms with Crippen LogP contribution in [0.15, 0.2) is 40.9 Å². The van der Waals surface area contributed by atoms with Gasteiger partial charge in [0.15, 0.2) is 11.6 Å². The molecule has 0 radical (unpaired) electrons. The minimum Gasteiger partial charge on any atom is -0.496 e. The number of rotatable bonds is 4. The lowest BCUT2D eigenvalue weighted by atomic mass is 10.0. The second-order valence-corrected chi connectivity index (χ2v) is 5.27. The second-order valence-electron chi connectivity index (χ2n) is 4.35. The Kier molecular flexibility index (Phi) is 4.73. The fraction of sp³-hybridized carbons (Fsp3) is 0.200. The van der Waals surface area contributed by atoms with Gasteiger partial charge in [0, 0.05) is 16.5 Å². The van der Waals surface area contributed by atoms with Crippen LogP contribution in [0.4, 0.5) is 8.78 Å². The van der Waals surface area contributed by atoms with Gasteiger partial charge >= 0.3 is 0 Å². The Labute approximate surface area is 124 Å². The van der Waals surface area contributed by atoms with Crippen molar-refractivity contribution in [3.05, 3.63) is 63.6 Å². The maximum Gasteiger partial charge on any atom is 0.159 e. The molecule has 0 saturated heterocycles. The van der Waals surface area contributed by atoms with E-state index in [1.54, 1.807) is 18.2 Å². The predicted octanol–water partition coefficient (Wildman–Crippen LogP) is 4.01. The lowest BCUT2D eigenvalue weighted by molar-refractivity contribution is 0.174. The maximum absolute atomic E-state index is 13.2. The van der Waals surface area contributed by atoms with Gasteiger partial charge in [-0.1, -0.05) is 22.0 Å². The third-order valence-electron chi connectivity index (χ3n) is 2.96. The van der Waals surface area contributed by atoms with Crippen LogP contribution < -0.4 is 4.74 Å². The molecule has 106 valence electrons. The van der Waals surface area contributed by atoms with Gasteiger partial charge in [-0.25, -0.2) is 8.78 Å². The topological polar surface area (TPSA) is 29.5 Å². The molecule has 0 bridgehead atoms. The summed E-state index contributed by atoms with van der Waals surface area (Å²) in [6.45, 7) is 0. The van der Waals surface area contributed by atoms with Crippen LogP contribution in [-0.2, 0) is 6.42 Å². The lowest BCUT2D eigenvalue weighted by Crippen LogP contribution is -2.05. The quantitative estimate of drug-likeness (QED) is 0.909. The van der Waals surface area contributed by atoms with E-state index in [0.717, 1.165) is 16.6 Å². The van der Waals surface area contributed by atoms with Crippen LogP contribution >= 0.6 is 15.9 Å². The molecule has 0 aliphatic carbocycles. The van der Waals surface area contributed by atoms with Crippen molar-refractivity contribution in [1.29, 1.82) is 0 Å². The van der Waals surface area contributed by atoms with Gasteiger partial charge in [-0.05, 0) is 35.9 Å². The fourth-order valence-electron chi connectivity index (χ4n) is 1.97. The van der Waals surface area contributed by atoms with E-state index >= 15 is 0 Å². The Bertz CT molecular complexity index is 617. The molecule has 2 rings (SSSR count). The van der Waals surface area contributed by atoms with Gasteiger partial charge in [0.1, 0.15) is 5.75 Å². The van der Waals surface area contributed by atoms with E-state index in [-0.39, 0.29) is 6.42 Å². The number of hydrogen-bond donors (Lipinski definition) is 1. The molecule has 2 aromatic carbocycles. The van der Waals surface area contributed by atoms with Crippen LogP contribution in [0.3, 0.4) is 0 Å². The Hall–Kier alpha value is -1.46. The molecule has 0 spiro atoms. The third kappa shape index (κ3) is 3.35. The lowest BCUT2D eigenvalue weighted by Gasteiger charge is -2.15.